The fraction of sp³-hybridized carbons (Fsp3) is 0.143. The largest absolute Gasteiger partial charge is 0.478 e. The summed E-state index contributed by atoms with van der Waals surface area (Å²) in [5, 5.41) is 12.3. The lowest BCUT2D eigenvalue weighted by molar-refractivity contribution is 0.0696. The number of aromatic nitrogens is 1. The Balaban J connectivity index is 2.16. The summed E-state index contributed by atoms with van der Waals surface area (Å²) in [6, 6.07) is 10.9. The molecule has 0 amide bonds. The Hall–Kier alpha value is -1.88. The number of nitrogens with one attached hydrogen (secondary N) is 1. The highest BCUT2D eigenvalue weighted by atomic mass is 79.9. The second-order valence-corrected chi connectivity index (χ2v) is 4.90. The van der Waals surface area contributed by atoms with E-state index in [1.807, 2.05) is 24.3 Å². The van der Waals surface area contributed by atoms with Crippen LogP contribution in [0.3, 0.4) is 0 Å². The molecule has 2 rings (SSSR count). The zero-order valence-corrected chi connectivity index (χ0v) is 11.9. The first kappa shape index (κ1) is 13.5. The fourth-order valence-electron chi connectivity index (χ4n) is 1.79. The molecular weight excluding hydrogens is 308 g/mol. The minimum atomic E-state index is -0.915. The monoisotopic (exact) mass is 320 g/mol. The van der Waals surface area contributed by atoms with Crippen LogP contribution in [0.25, 0.3) is 0 Å². The van der Waals surface area contributed by atoms with Crippen LogP contribution in [0.1, 0.15) is 21.6 Å². The number of rotatable bonds is 4. The molecule has 98 valence electrons. The number of benzene rings is 1. The number of hydrogen-bond acceptors (Lipinski definition) is 3. The molecule has 1 aromatic heterocycles. The summed E-state index contributed by atoms with van der Waals surface area (Å²) in [6.45, 7) is 2.34. The van der Waals surface area contributed by atoms with Gasteiger partial charge in [0.25, 0.3) is 0 Å². The Kier molecular flexibility index (Phi) is 4.16. The molecule has 4 nitrogen and oxygen atoms in total. The predicted molar refractivity (Wildman–Crippen MR) is 77.4 cm³/mol. The lowest BCUT2D eigenvalue weighted by atomic mass is 10.1. The molecule has 2 N–H and O–H groups in total. The van der Waals surface area contributed by atoms with Crippen molar-refractivity contribution in [2.45, 2.75) is 13.5 Å². The van der Waals surface area contributed by atoms with Crippen molar-refractivity contribution in [1.82, 2.24) is 4.98 Å². The Bertz CT molecular complexity index is 614. The van der Waals surface area contributed by atoms with Gasteiger partial charge in [0.15, 0.2) is 0 Å². The van der Waals surface area contributed by atoms with Gasteiger partial charge < -0.3 is 10.4 Å². The Morgan fingerprint density at radius 3 is 2.74 bits per heavy atom. The van der Waals surface area contributed by atoms with Crippen molar-refractivity contribution in [3.63, 3.8) is 0 Å². The van der Waals surface area contributed by atoms with Crippen molar-refractivity contribution >= 4 is 27.6 Å². The van der Waals surface area contributed by atoms with E-state index >= 15 is 0 Å². The van der Waals surface area contributed by atoms with Crippen LogP contribution < -0.4 is 5.32 Å². The van der Waals surface area contributed by atoms with Crippen molar-refractivity contribution in [2.75, 3.05) is 5.32 Å². The highest BCUT2D eigenvalue weighted by Gasteiger charge is 2.09. The number of aromatic carboxylic acids is 1. The lowest BCUT2D eigenvalue weighted by Crippen LogP contribution is -2.06. The summed E-state index contributed by atoms with van der Waals surface area (Å²) in [5.74, 6) is -0.915. The van der Waals surface area contributed by atoms with Crippen LogP contribution in [0.2, 0.25) is 0 Å². The van der Waals surface area contributed by atoms with Crippen molar-refractivity contribution in [2.24, 2.45) is 0 Å². The van der Waals surface area contributed by atoms with Gasteiger partial charge in [-0.3, -0.25) is 0 Å². The summed E-state index contributed by atoms with van der Waals surface area (Å²) in [4.78, 5) is 15.4. The average molecular weight is 321 g/mol. The van der Waals surface area contributed by atoms with Crippen LogP contribution in [-0.4, -0.2) is 16.1 Å². The Morgan fingerprint density at radius 2 is 2.05 bits per heavy atom. The van der Waals surface area contributed by atoms with Gasteiger partial charge in [0.1, 0.15) is 4.60 Å². The normalized spacial score (nSPS) is 10.2. The predicted octanol–water partition coefficient (Wildman–Crippen LogP) is 3.46. The Morgan fingerprint density at radius 1 is 1.32 bits per heavy atom. The maximum atomic E-state index is 11.0. The number of carboxylic acids is 1. The molecule has 1 heterocycles. The van der Waals surface area contributed by atoms with Crippen molar-refractivity contribution in [3.05, 3.63) is 57.8 Å². The minimum Gasteiger partial charge on any atom is -0.478 e. The SMILES string of the molecule is Cc1c(NCc2cccc(Br)n2)cccc1C(=O)O. The van der Waals surface area contributed by atoms with Gasteiger partial charge in [-0.1, -0.05) is 12.1 Å². The number of hydrogen-bond donors (Lipinski definition) is 2. The van der Waals surface area contributed by atoms with Crippen LogP contribution >= 0.6 is 15.9 Å². The molecular formula is C14H13BrN2O2. The second-order valence-electron chi connectivity index (χ2n) is 4.09. The van der Waals surface area contributed by atoms with Crippen LogP contribution in [0.15, 0.2) is 41.0 Å². The third-order valence-electron chi connectivity index (χ3n) is 2.80. The first-order valence-corrected chi connectivity index (χ1v) is 6.55. The molecule has 5 heteroatoms. The molecule has 0 saturated heterocycles. The maximum absolute atomic E-state index is 11.0. The lowest BCUT2D eigenvalue weighted by Gasteiger charge is -2.11. The van der Waals surface area contributed by atoms with E-state index < -0.39 is 5.97 Å². The molecule has 0 saturated carbocycles. The van der Waals surface area contributed by atoms with Crippen molar-refractivity contribution < 1.29 is 9.90 Å². The first-order chi connectivity index (χ1) is 9.08. The van der Waals surface area contributed by atoms with E-state index in [9.17, 15) is 4.79 Å². The van der Waals surface area contributed by atoms with Gasteiger partial charge in [-0.05, 0) is 52.7 Å². The number of anilines is 1. The van der Waals surface area contributed by atoms with Gasteiger partial charge in [-0.2, -0.15) is 0 Å². The fourth-order valence-corrected chi connectivity index (χ4v) is 2.17. The third-order valence-corrected chi connectivity index (χ3v) is 3.24. The summed E-state index contributed by atoms with van der Waals surface area (Å²) in [5.41, 5.74) is 2.73. The van der Waals surface area contributed by atoms with E-state index in [0.717, 1.165) is 21.5 Å². The molecule has 0 aliphatic rings. The van der Waals surface area contributed by atoms with Gasteiger partial charge in [0.05, 0.1) is 17.8 Å². The third kappa shape index (κ3) is 3.32. The van der Waals surface area contributed by atoms with Crippen molar-refractivity contribution in [3.8, 4) is 0 Å². The van der Waals surface area contributed by atoms with Crippen LogP contribution in [0.5, 0.6) is 0 Å². The molecule has 0 radical (unpaired) electrons. The van der Waals surface area contributed by atoms with Crippen molar-refractivity contribution in [1.29, 1.82) is 0 Å². The summed E-state index contributed by atoms with van der Waals surface area (Å²) >= 11 is 3.32. The molecule has 0 fully saturated rings. The van der Waals surface area contributed by atoms with Crippen LogP contribution in [0, 0.1) is 6.92 Å². The van der Waals surface area contributed by atoms with Crippen LogP contribution in [-0.2, 0) is 6.54 Å². The first-order valence-electron chi connectivity index (χ1n) is 5.76. The number of halogens is 1. The highest BCUT2D eigenvalue weighted by molar-refractivity contribution is 9.10. The zero-order chi connectivity index (χ0) is 13.8. The van der Waals surface area contributed by atoms with E-state index in [0.29, 0.717) is 12.1 Å². The summed E-state index contributed by atoms with van der Waals surface area (Å²) in [6.07, 6.45) is 0. The van der Waals surface area contributed by atoms with Gasteiger partial charge in [-0.15, -0.1) is 0 Å². The smallest absolute Gasteiger partial charge is 0.336 e. The average Bonchev–Trinajstić information content (AvgIpc) is 2.37. The number of nitrogens with zero attached hydrogens (tertiary/aromatic N) is 1. The molecule has 0 unspecified atom stereocenters. The molecule has 19 heavy (non-hydrogen) atoms. The van der Waals surface area contributed by atoms with Crippen LogP contribution in [0.4, 0.5) is 5.69 Å². The molecule has 0 aliphatic carbocycles. The Labute approximate surface area is 119 Å². The number of pyridine rings is 1. The standard InChI is InChI=1S/C14H13BrN2O2/c1-9-11(14(18)19)5-3-6-12(9)16-8-10-4-2-7-13(15)17-10/h2-7,16H,8H2,1H3,(H,18,19). The van der Waals surface area contributed by atoms with E-state index in [1.165, 1.54) is 0 Å². The molecule has 0 spiro atoms. The van der Waals surface area contributed by atoms with Gasteiger partial charge >= 0.3 is 5.97 Å². The summed E-state index contributed by atoms with van der Waals surface area (Å²) < 4.78 is 0.780. The zero-order valence-electron chi connectivity index (χ0n) is 10.4. The van der Waals surface area contributed by atoms with Gasteiger partial charge in [0, 0.05) is 5.69 Å². The molecule has 2 aromatic rings. The quantitative estimate of drug-likeness (QED) is 0.847. The summed E-state index contributed by atoms with van der Waals surface area (Å²) in [7, 11) is 0. The number of carbonyl (C=O) groups is 1. The van der Waals surface area contributed by atoms with Gasteiger partial charge in [0.2, 0.25) is 0 Å². The highest BCUT2D eigenvalue weighted by Crippen LogP contribution is 2.19. The van der Waals surface area contributed by atoms with E-state index in [1.54, 1.807) is 19.1 Å². The molecule has 1 aromatic carbocycles. The van der Waals surface area contributed by atoms with E-state index in [2.05, 4.69) is 26.2 Å². The topological polar surface area (TPSA) is 62.2 Å². The molecule has 0 aliphatic heterocycles. The van der Waals surface area contributed by atoms with Gasteiger partial charge in [-0.25, -0.2) is 9.78 Å². The molecule has 0 atom stereocenters. The second kappa shape index (κ2) is 5.84. The van der Waals surface area contributed by atoms with E-state index in [4.69, 9.17) is 5.11 Å². The minimum absolute atomic E-state index is 0.312. The number of carboxylic acid groups (broad SMARTS) is 1. The maximum Gasteiger partial charge on any atom is 0.336 e. The van der Waals surface area contributed by atoms with E-state index in [-0.39, 0.29) is 0 Å². The molecule has 0 bridgehead atoms.